The van der Waals surface area contributed by atoms with Crippen LogP contribution in [0.3, 0.4) is 0 Å². The Kier molecular flexibility index (Phi) is 4.44. The number of H-pyrrole nitrogens is 1. The standard InChI is InChI=1S/C19H23N5O2/c1-2-16(25)24-8-6-13(7-9-24)22-15-11-21-19-17(23-15)14(10-20-19)18(26)12-4-3-5-12/h2,10-13H,1,3-9H2,(H,20,21)(H,22,23). The molecule has 0 unspecified atom stereocenters. The van der Waals surface area contributed by atoms with E-state index in [1.807, 2.05) is 4.90 Å². The Hall–Kier alpha value is -2.70. The second-order valence-corrected chi connectivity index (χ2v) is 7.09. The van der Waals surface area contributed by atoms with E-state index in [9.17, 15) is 9.59 Å². The summed E-state index contributed by atoms with van der Waals surface area (Å²) in [6, 6.07) is 0.236. The molecule has 7 heteroatoms. The highest BCUT2D eigenvalue weighted by Gasteiger charge is 2.29. The zero-order valence-corrected chi connectivity index (χ0v) is 14.7. The van der Waals surface area contributed by atoms with E-state index in [1.165, 1.54) is 6.08 Å². The largest absolute Gasteiger partial charge is 0.366 e. The van der Waals surface area contributed by atoms with Crippen molar-refractivity contribution >= 4 is 28.7 Å². The van der Waals surface area contributed by atoms with Crippen molar-refractivity contribution in [3.63, 3.8) is 0 Å². The van der Waals surface area contributed by atoms with Crippen LogP contribution in [-0.4, -0.2) is 50.7 Å². The van der Waals surface area contributed by atoms with Crippen molar-refractivity contribution in [2.75, 3.05) is 18.4 Å². The fraction of sp³-hybridized carbons (Fsp3) is 0.474. The molecule has 1 aliphatic carbocycles. The topological polar surface area (TPSA) is 91.0 Å². The number of nitrogens with one attached hydrogen (secondary N) is 2. The van der Waals surface area contributed by atoms with Gasteiger partial charge in [0.05, 0.1) is 11.8 Å². The maximum Gasteiger partial charge on any atom is 0.245 e. The van der Waals surface area contributed by atoms with Crippen molar-refractivity contribution in [3.05, 3.63) is 30.6 Å². The number of amides is 1. The predicted molar refractivity (Wildman–Crippen MR) is 99.0 cm³/mol. The van der Waals surface area contributed by atoms with E-state index in [0.29, 0.717) is 35.6 Å². The molecule has 1 saturated heterocycles. The molecule has 1 saturated carbocycles. The van der Waals surface area contributed by atoms with Gasteiger partial charge in [-0.15, -0.1) is 0 Å². The van der Waals surface area contributed by atoms with E-state index < -0.39 is 0 Å². The van der Waals surface area contributed by atoms with E-state index in [4.69, 9.17) is 0 Å². The monoisotopic (exact) mass is 353 g/mol. The van der Waals surface area contributed by atoms with Crippen molar-refractivity contribution in [2.24, 2.45) is 5.92 Å². The highest BCUT2D eigenvalue weighted by atomic mass is 16.2. The van der Waals surface area contributed by atoms with Crippen molar-refractivity contribution in [2.45, 2.75) is 38.1 Å². The number of carbonyl (C=O) groups excluding carboxylic acids is 2. The lowest BCUT2D eigenvalue weighted by molar-refractivity contribution is -0.126. The van der Waals surface area contributed by atoms with Crippen molar-refractivity contribution in [3.8, 4) is 0 Å². The van der Waals surface area contributed by atoms with Gasteiger partial charge in [0.1, 0.15) is 11.3 Å². The summed E-state index contributed by atoms with van der Waals surface area (Å²) in [6.45, 7) is 4.94. The van der Waals surface area contributed by atoms with Gasteiger partial charge < -0.3 is 15.2 Å². The SMILES string of the molecule is C=CC(=O)N1CCC(Nc2cnc3[nH]cc(C(=O)C4CCC4)c3n2)CC1. The number of hydrogen-bond acceptors (Lipinski definition) is 5. The quantitative estimate of drug-likeness (QED) is 0.637. The maximum atomic E-state index is 12.6. The molecule has 0 spiro atoms. The van der Waals surface area contributed by atoms with Gasteiger partial charge in [-0.25, -0.2) is 9.97 Å². The summed E-state index contributed by atoms with van der Waals surface area (Å²) in [5.41, 5.74) is 1.93. The Labute approximate surface area is 151 Å². The number of fused-ring (bicyclic) bond motifs is 1. The first kappa shape index (κ1) is 16.8. The van der Waals surface area contributed by atoms with E-state index in [-0.39, 0.29) is 23.7 Å². The van der Waals surface area contributed by atoms with Crippen LogP contribution in [-0.2, 0) is 4.79 Å². The minimum atomic E-state index is -0.0175. The Morgan fingerprint density at radius 2 is 2.04 bits per heavy atom. The van der Waals surface area contributed by atoms with Crippen LogP contribution in [0.25, 0.3) is 11.2 Å². The minimum Gasteiger partial charge on any atom is -0.366 e. The average Bonchev–Trinajstić information content (AvgIpc) is 3.03. The molecule has 2 aromatic heterocycles. The van der Waals surface area contributed by atoms with E-state index in [2.05, 4.69) is 26.8 Å². The third-order valence-electron chi connectivity index (χ3n) is 5.46. The summed E-state index contributed by atoms with van der Waals surface area (Å²) in [5, 5.41) is 3.40. The van der Waals surface area contributed by atoms with Crippen LogP contribution in [0.4, 0.5) is 5.82 Å². The molecule has 0 aromatic carbocycles. The molecule has 0 atom stereocenters. The normalized spacial score (nSPS) is 18.5. The molecule has 4 rings (SSSR count). The van der Waals surface area contributed by atoms with Gasteiger partial charge in [-0.3, -0.25) is 9.59 Å². The molecule has 1 aliphatic heterocycles. The Bertz CT molecular complexity index is 847. The summed E-state index contributed by atoms with van der Waals surface area (Å²) >= 11 is 0. The van der Waals surface area contributed by atoms with Crippen LogP contribution < -0.4 is 5.32 Å². The number of hydrogen-bond donors (Lipinski definition) is 2. The molecule has 3 heterocycles. The zero-order valence-electron chi connectivity index (χ0n) is 14.7. The smallest absolute Gasteiger partial charge is 0.245 e. The Morgan fingerprint density at radius 1 is 1.27 bits per heavy atom. The molecular weight excluding hydrogens is 330 g/mol. The van der Waals surface area contributed by atoms with Gasteiger partial charge in [0, 0.05) is 31.2 Å². The summed E-state index contributed by atoms with van der Waals surface area (Å²) in [7, 11) is 0. The molecule has 0 bridgehead atoms. The second kappa shape index (κ2) is 6.90. The zero-order chi connectivity index (χ0) is 18.1. The number of aromatic amines is 1. The average molecular weight is 353 g/mol. The number of piperidine rings is 1. The molecular formula is C19H23N5O2. The minimum absolute atomic E-state index is 0.0175. The number of rotatable bonds is 5. The number of anilines is 1. The first-order valence-corrected chi connectivity index (χ1v) is 9.22. The Balaban J connectivity index is 1.46. The molecule has 1 amide bonds. The first-order chi connectivity index (χ1) is 12.7. The van der Waals surface area contributed by atoms with E-state index >= 15 is 0 Å². The van der Waals surface area contributed by atoms with E-state index in [0.717, 1.165) is 32.1 Å². The second-order valence-electron chi connectivity index (χ2n) is 7.09. The van der Waals surface area contributed by atoms with Crippen LogP contribution in [0.2, 0.25) is 0 Å². The van der Waals surface area contributed by atoms with Crippen LogP contribution in [0.15, 0.2) is 25.0 Å². The molecule has 2 aliphatic rings. The third kappa shape index (κ3) is 3.09. The van der Waals surface area contributed by atoms with Crippen molar-refractivity contribution in [1.29, 1.82) is 0 Å². The fourth-order valence-corrected chi connectivity index (χ4v) is 3.62. The van der Waals surface area contributed by atoms with Gasteiger partial charge in [-0.1, -0.05) is 13.0 Å². The van der Waals surface area contributed by atoms with Crippen LogP contribution >= 0.6 is 0 Å². The fourth-order valence-electron chi connectivity index (χ4n) is 3.62. The summed E-state index contributed by atoms with van der Waals surface area (Å²) in [6.07, 6.45) is 9.55. The van der Waals surface area contributed by atoms with Gasteiger partial charge in [-0.05, 0) is 31.8 Å². The Morgan fingerprint density at radius 3 is 2.69 bits per heavy atom. The van der Waals surface area contributed by atoms with Crippen LogP contribution in [0, 0.1) is 5.92 Å². The van der Waals surface area contributed by atoms with Crippen LogP contribution in [0.5, 0.6) is 0 Å². The predicted octanol–water partition coefficient (Wildman–Crippen LogP) is 2.53. The van der Waals surface area contributed by atoms with Gasteiger partial charge in [-0.2, -0.15) is 0 Å². The van der Waals surface area contributed by atoms with Crippen molar-refractivity contribution in [1.82, 2.24) is 19.9 Å². The van der Waals surface area contributed by atoms with Gasteiger partial charge in [0.25, 0.3) is 0 Å². The summed E-state index contributed by atoms with van der Waals surface area (Å²) in [5.74, 6) is 0.966. The molecule has 2 N–H and O–H groups in total. The molecule has 136 valence electrons. The molecule has 7 nitrogen and oxygen atoms in total. The number of ketones is 1. The maximum absolute atomic E-state index is 12.6. The van der Waals surface area contributed by atoms with Crippen LogP contribution in [0.1, 0.15) is 42.5 Å². The molecule has 2 fully saturated rings. The third-order valence-corrected chi connectivity index (χ3v) is 5.46. The summed E-state index contributed by atoms with van der Waals surface area (Å²) < 4.78 is 0. The number of aromatic nitrogens is 3. The highest BCUT2D eigenvalue weighted by molar-refractivity contribution is 6.07. The number of Topliss-reactive ketones (excluding diaryl/α,β-unsaturated/α-hetero) is 1. The molecule has 26 heavy (non-hydrogen) atoms. The number of nitrogens with zero attached hydrogens (tertiary/aromatic N) is 3. The molecule has 2 aromatic rings. The highest BCUT2D eigenvalue weighted by Crippen LogP contribution is 2.31. The molecule has 0 radical (unpaired) electrons. The summed E-state index contributed by atoms with van der Waals surface area (Å²) in [4.78, 5) is 38.1. The lowest BCUT2D eigenvalue weighted by atomic mass is 9.80. The van der Waals surface area contributed by atoms with Gasteiger partial charge in [0.2, 0.25) is 5.91 Å². The number of likely N-dealkylation sites (tertiary alicyclic amines) is 1. The van der Waals surface area contributed by atoms with Gasteiger partial charge >= 0.3 is 0 Å². The van der Waals surface area contributed by atoms with Crippen molar-refractivity contribution < 1.29 is 9.59 Å². The number of carbonyl (C=O) groups is 2. The first-order valence-electron chi connectivity index (χ1n) is 9.22. The van der Waals surface area contributed by atoms with E-state index in [1.54, 1.807) is 12.4 Å². The lowest BCUT2D eigenvalue weighted by Crippen LogP contribution is -2.41. The lowest BCUT2D eigenvalue weighted by Gasteiger charge is -2.31. The van der Waals surface area contributed by atoms with Gasteiger partial charge in [0.15, 0.2) is 11.4 Å².